The molecule has 1 amide bonds. The van der Waals surface area contributed by atoms with Crippen molar-refractivity contribution in [3.05, 3.63) is 0 Å². The van der Waals surface area contributed by atoms with Gasteiger partial charge in [-0.3, -0.25) is 9.59 Å². The second-order valence-corrected chi connectivity index (χ2v) is 3.04. The van der Waals surface area contributed by atoms with Crippen LogP contribution in [0.3, 0.4) is 0 Å². The Morgan fingerprint density at radius 2 is 2.08 bits per heavy atom. The van der Waals surface area contributed by atoms with Gasteiger partial charge >= 0.3 is 5.97 Å². The van der Waals surface area contributed by atoms with Crippen LogP contribution < -0.4 is 5.32 Å². The highest BCUT2D eigenvalue weighted by Crippen LogP contribution is 2.01. The molecule has 0 rings (SSSR count). The highest BCUT2D eigenvalue weighted by Gasteiger charge is 2.09. The van der Waals surface area contributed by atoms with Gasteiger partial charge in [0, 0.05) is 19.4 Å². The third-order valence-electron chi connectivity index (χ3n) is 1.71. The fourth-order valence-corrected chi connectivity index (χ4v) is 0.853. The molecule has 0 radical (unpaired) electrons. The van der Waals surface area contributed by atoms with E-state index in [9.17, 15) is 9.59 Å². The lowest BCUT2D eigenvalue weighted by Crippen LogP contribution is -2.28. The summed E-state index contributed by atoms with van der Waals surface area (Å²) in [7, 11) is 1.36. The number of hydrogen-bond acceptors (Lipinski definition) is 3. The van der Waals surface area contributed by atoms with Crippen LogP contribution in [0.4, 0.5) is 0 Å². The molecular weight excluding hydrogens is 170 g/mol. The van der Waals surface area contributed by atoms with Crippen molar-refractivity contribution in [2.75, 3.05) is 13.7 Å². The van der Waals surface area contributed by atoms with Gasteiger partial charge in [0.1, 0.15) is 0 Å². The summed E-state index contributed by atoms with van der Waals surface area (Å²) in [6, 6.07) is 0. The van der Waals surface area contributed by atoms with Crippen molar-refractivity contribution in [3.63, 3.8) is 0 Å². The summed E-state index contributed by atoms with van der Waals surface area (Å²) in [5.41, 5.74) is 0. The summed E-state index contributed by atoms with van der Waals surface area (Å²) in [6.07, 6.45) is 0.825. The van der Waals surface area contributed by atoms with E-state index >= 15 is 0 Å². The zero-order chi connectivity index (χ0) is 10.3. The minimum Gasteiger partial charge on any atom is -0.469 e. The van der Waals surface area contributed by atoms with Crippen LogP contribution in [0, 0.1) is 5.92 Å². The Morgan fingerprint density at radius 3 is 2.54 bits per heavy atom. The van der Waals surface area contributed by atoms with Crippen molar-refractivity contribution in [1.29, 1.82) is 0 Å². The van der Waals surface area contributed by atoms with Crippen molar-refractivity contribution >= 4 is 11.9 Å². The summed E-state index contributed by atoms with van der Waals surface area (Å²) in [4.78, 5) is 21.6. The third-order valence-corrected chi connectivity index (χ3v) is 1.71. The molecule has 4 nitrogen and oxygen atoms in total. The van der Waals surface area contributed by atoms with Crippen LogP contribution in [0.15, 0.2) is 0 Å². The van der Waals surface area contributed by atoms with E-state index in [1.54, 1.807) is 6.92 Å². The monoisotopic (exact) mass is 187 g/mol. The van der Waals surface area contributed by atoms with Gasteiger partial charge in [0.05, 0.1) is 7.11 Å². The largest absolute Gasteiger partial charge is 0.469 e. The van der Waals surface area contributed by atoms with E-state index < -0.39 is 0 Å². The molecule has 0 saturated carbocycles. The average Bonchev–Trinajstić information content (AvgIpc) is 2.13. The van der Waals surface area contributed by atoms with Crippen LogP contribution in [0.2, 0.25) is 0 Å². The van der Waals surface area contributed by atoms with E-state index in [4.69, 9.17) is 0 Å². The van der Waals surface area contributed by atoms with E-state index in [1.807, 2.05) is 6.92 Å². The maximum absolute atomic E-state index is 10.8. The fraction of sp³-hybridized carbons (Fsp3) is 0.778. The maximum atomic E-state index is 10.8. The summed E-state index contributed by atoms with van der Waals surface area (Å²) < 4.78 is 4.50. The zero-order valence-corrected chi connectivity index (χ0v) is 8.42. The molecular formula is C9H17NO3. The first-order chi connectivity index (χ1) is 6.10. The lowest BCUT2D eigenvalue weighted by atomic mass is 10.1. The molecule has 0 aromatic carbocycles. The predicted octanol–water partition coefficient (Wildman–Crippen LogP) is 0.712. The van der Waals surface area contributed by atoms with Crippen LogP contribution in [0.1, 0.15) is 26.7 Å². The Morgan fingerprint density at radius 1 is 1.46 bits per heavy atom. The maximum Gasteiger partial charge on any atom is 0.305 e. The van der Waals surface area contributed by atoms with Crippen LogP contribution in [-0.4, -0.2) is 25.5 Å². The Labute approximate surface area is 78.6 Å². The molecule has 4 heteroatoms. The normalized spacial score (nSPS) is 11.9. The number of rotatable bonds is 5. The van der Waals surface area contributed by atoms with E-state index in [0.717, 1.165) is 0 Å². The van der Waals surface area contributed by atoms with Gasteiger partial charge in [-0.05, 0) is 5.92 Å². The second-order valence-electron chi connectivity index (χ2n) is 3.04. The summed E-state index contributed by atoms with van der Waals surface area (Å²) in [5, 5.41) is 2.71. The highest BCUT2D eigenvalue weighted by molar-refractivity contribution is 5.75. The van der Waals surface area contributed by atoms with Crippen LogP contribution in [0.5, 0.6) is 0 Å². The second kappa shape index (κ2) is 6.46. The number of nitrogens with one attached hydrogen (secondary N) is 1. The number of carbonyl (C=O) groups excluding carboxylic acids is 2. The molecule has 0 spiro atoms. The lowest BCUT2D eigenvalue weighted by molar-refractivity contribution is -0.141. The number of amides is 1. The molecule has 0 heterocycles. The molecule has 0 aliphatic carbocycles. The standard InChI is InChI=1S/C9H17NO3/c1-4-8(11)10-6-7(2)5-9(12)13-3/h7H,4-6H2,1-3H3,(H,10,11). The molecule has 13 heavy (non-hydrogen) atoms. The molecule has 0 aromatic heterocycles. The van der Waals surface area contributed by atoms with E-state index in [2.05, 4.69) is 10.1 Å². The van der Waals surface area contributed by atoms with E-state index in [1.165, 1.54) is 7.11 Å². The molecule has 0 aliphatic rings. The Balaban J connectivity index is 3.56. The highest BCUT2D eigenvalue weighted by atomic mass is 16.5. The first kappa shape index (κ1) is 11.9. The zero-order valence-electron chi connectivity index (χ0n) is 8.42. The van der Waals surface area contributed by atoms with Gasteiger partial charge in [-0.1, -0.05) is 13.8 Å². The lowest BCUT2D eigenvalue weighted by Gasteiger charge is -2.10. The average molecular weight is 187 g/mol. The number of esters is 1. The smallest absolute Gasteiger partial charge is 0.305 e. The van der Waals surface area contributed by atoms with Crippen LogP contribution in [-0.2, 0) is 14.3 Å². The topological polar surface area (TPSA) is 55.4 Å². The molecule has 1 atom stereocenters. The number of ether oxygens (including phenoxy) is 1. The van der Waals surface area contributed by atoms with E-state index in [0.29, 0.717) is 19.4 Å². The van der Waals surface area contributed by atoms with Gasteiger partial charge in [0.15, 0.2) is 0 Å². The minimum atomic E-state index is -0.238. The van der Waals surface area contributed by atoms with Crippen molar-refractivity contribution < 1.29 is 14.3 Å². The molecule has 0 saturated heterocycles. The van der Waals surface area contributed by atoms with Crippen LogP contribution >= 0.6 is 0 Å². The number of hydrogen-bond donors (Lipinski definition) is 1. The van der Waals surface area contributed by atoms with Crippen molar-refractivity contribution in [2.24, 2.45) is 5.92 Å². The molecule has 0 aliphatic heterocycles. The van der Waals surface area contributed by atoms with Crippen molar-refractivity contribution in [1.82, 2.24) is 5.32 Å². The molecule has 0 aromatic rings. The fourth-order valence-electron chi connectivity index (χ4n) is 0.853. The SMILES string of the molecule is CCC(=O)NCC(C)CC(=O)OC. The first-order valence-corrected chi connectivity index (χ1v) is 4.43. The van der Waals surface area contributed by atoms with Gasteiger partial charge in [0.2, 0.25) is 5.91 Å². The number of carbonyl (C=O) groups is 2. The molecule has 0 fully saturated rings. The molecule has 0 bridgehead atoms. The quantitative estimate of drug-likeness (QED) is 0.645. The minimum absolute atomic E-state index is 0.0108. The summed E-state index contributed by atoms with van der Waals surface area (Å²) in [6.45, 7) is 4.22. The van der Waals surface area contributed by atoms with E-state index in [-0.39, 0.29) is 17.8 Å². The Hall–Kier alpha value is -1.06. The van der Waals surface area contributed by atoms with Gasteiger partial charge in [-0.2, -0.15) is 0 Å². The van der Waals surface area contributed by atoms with Gasteiger partial charge in [-0.15, -0.1) is 0 Å². The summed E-state index contributed by atoms with van der Waals surface area (Å²) >= 11 is 0. The van der Waals surface area contributed by atoms with Gasteiger partial charge in [0.25, 0.3) is 0 Å². The van der Waals surface area contributed by atoms with Gasteiger partial charge in [-0.25, -0.2) is 0 Å². The Kier molecular flexibility index (Phi) is 5.93. The molecule has 76 valence electrons. The third kappa shape index (κ3) is 6.13. The number of methoxy groups -OCH3 is 1. The first-order valence-electron chi connectivity index (χ1n) is 4.43. The van der Waals surface area contributed by atoms with Crippen molar-refractivity contribution in [3.8, 4) is 0 Å². The molecule has 1 unspecified atom stereocenters. The van der Waals surface area contributed by atoms with Crippen molar-refractivity contribution in [2.45, 2.75) is 26.7 Å². The van der Waals surface area contributed by atoms with Gasteiger partial charge < -0.3 is 10.1 Å². The summed E-state index contributed by atoms with van der Waals surface area (Å²) in [5.74, 6) is -0.0992. The Bertz CT molecular complexity index is 180. The molecule has 1 N–H and O–H groups in total. The van der Waals surface area contributed by atoms with Crippen LogP contribution in [0.25, 0.3) is 0 Å². The predicted molar refractivity (Wildman–Crippen MR) is 49.1 cm³/mol.